The summed E-state index contributed by atoms with van der Waals surface area (Å²) in [5, 5.41) is 2.80. The minimum absolute atomic E-state index is 0.168. The summed E-state index contributed by atoms with van der Waals surface area (Å²) >= 11 is 0. The third-order valence-corrected chi connectivity index (χ3v) is 4.21. The lowest BCUT2D eigenvalue weighted by molar-refractivity contribution is 0.0679. The third-order valence-electron chi connectivity index (χ3n) is 4.21. The van der Waals surface area contributed by atoms with Gasteiger partial charge in [0.05, 0.1) is 6.10 Å². The van der Waals surface area contributed by atoms with Crippen LogP contribution in [0.15, 0.2) is 48.5 Å². The van der Waals surface area contributed by atoms with Gasteiger partial charge in [-0.1, -0.05) is 18.2 Å². The molecule has 1 unspecified atom stereocenters. The van der Waals surface area contributed by atoms with E-state index in [1.807, 2.05) is 0 Å². The van der Waals surface area contributed by atoms with Crippen LogP contribution in [0.25, 0.3) is 0 Å². The van der Waals surface area contributed by atoms with Crippen LogP contribution in [0.2, 0.25) is 0 Å². The van der Waals surface area contributed by atoms with Crippen molar-refractivity contribution in [1.82, 2.24) is 5.32 Å². The molecule has 1 atom stereocenters. The van der Waals surface area contributed by atoms with E-state index in [9.17, 15) is 9.18 Å². The highest BCUT2D eigenvalue weighted by molar-refractivity contribution is 5.94. The fourth-order valence-electron chi connectivity index (χ4n) is 2.78. The summed E-state index contributed by atoms with van der Waals surface area (Å²) in [5.41, 5.74) is 1.15. The Balaban J connectivity index is 1.44. The number of amides is 1. The van der Waals surface area contributed by atoms with Gasteiger partial charge in [-0.3, -0.25) is 4.79 Å². The first-order valence-electron chi connectivity index (χ1n) is 8.58. The molecule has 4 nitrogen and oxygen atoms in total. The fourth-order valence-corrected chi connectivity index (χ4v) is 2.78. The number of halogens is 1. The Morgan fingerprint density at radius 2 is 2.00 bits per heavy atom. The number of carbonyl (C=O) groups is 1. The molecule has 0 saturated carbocycles. The van der Waals surface area contributed by atoms with Crippen molar-refractivity contribution in [3.8, 4) is 5.75 Å². The number of hydrogen-bond donors (Lipinski definition) is 1. The maximum Gasteiger partial charge on any atom is 0.251 e. The minimum atomic E-state index is -0.246. The van der Waals surface area contributed by atoms with Crippen LogP contribution in [0.4, 0.5) is 4.39 Å². The highest BCUT2D eigenvalue weighted by atomic mass is 19.1. The number of nitrogens with one attached hydrogen (secondary N) is 1. The topological polar surface area (TPSA) is 47.6 Å². The van der Waals surface area contributed by atoms with Crippen LogP contribution in [-0.4, -0.2) is 31.8 Å². The van der Waals surface area contributed by atoms with Gasteiger partial charge >= 0.3 is 0 Å². The molecular formula is C20H22FNO3. The fraction of sp³-hybridized carbons (Fsp3) is 0.350. The zero-order valence-electron chi connectivity index (χ0n) is 14.0. The standard InChI is InChI=1S/C20H22FNO3/c21-19-6-2-1-4-15(19)11-12-22-20(23)16-7-9-17(10-8-16)25-14-18-5-3-13-24-18/h1-2,4,6-10,18H,3,5,11-14H2,(H,22,23). The number of carbonyl (C=O) groups excluding carboxylic acids is 1. The smallest absolute Gasteiger partial charge is 0.251 e. The van der Waals surface area contributed by atoms with Crippen molar-refractivity contribution in [3.63, 3.8) is 0 Å². The van der Waals surface area contributed by atoms with Crippen molar-refractivity contribution in [2.45, 2.75) is 25.4 Å². The lowest BCUT2D eigenvalue weighted by Crippen LogP contribution is -2.25. The van der Waals surface area contributed by atoms with Crippen LogP contribution < -0.4 is 10.1 Å². The molecule has 0 radical (unpaired) electrons. The second-order valence-electron chi connectivity index (χ2n) is 6.07. The van der Waals surface area contributed by atoms with Gasteiger partial charge in [0, 0.05) is 18.7 Å². The van der Waals surface area contributed by atoms with Crippen LogP contribution in [0, 0.1) is 5.82 Å². The van der Waals surface area contributed by atoms with Gasteiger partial charge in [-0.2, -0.15) is 0 Å². The summed E-state index contributed by atoms with van der Waals surface area (Å²) in [4.78, 5) is 12.1. The summed E-state index contributed by atoms with van der Waals surface area (Å²) < 4.78 is 24.7. The quantitative estimate of drug-likeness (QED) is 0.839. The zero-order chi connectivity index (χ0) is 17.5. The Kier molecular flexibility index (Phi) is 6.01. The number of rotatable bonds is 7. The second-order valence-corrected chi connectivity index (χ2v) is 6.07. The van der Waals surface area contributed by atoms with Crippen molar-refractivity contribution >= 4 is 5.91 Å². The third kappa shape index (κ3) is 5.03. The molecule has 0 aliphatic carbocycles. The molecule has 0 aromatic heterocycles. The number of benzene rings is 2. The van der Waals surface area contributed by atoms with Gasteiger partial charge in [-0.25, -0.2) is 4.39 Å². The lowest BCUT2D eigenvalue weighted by atomic mass is 10.1. The zero-order valence-corrected chi connectivity index (χ0v) is 14.0. The van der Waals surface area contributed by atoms with Gasteiger partial charge in [-0.05, 0) is 55.2 Å². The highest BCUT2D eigenvalue weighted by Crippen LogP contribution is 2.16. The second kappa shape index (κ2) is 8.62. The molecule has 132 valence electrons. The van der Waals surface area contributed by atoms with E-state index in [-0.39, 0.29) is 17.8 Å². The maximum atomic E-state index is 13.5. The molecule has 0 bridgehead atoms. The van der Waals surface area contributed by atoms with Crippen molar-refractivity contribution in [2.24, 2.45) is 0 Å². The van der Waals surface area contributed by atoms with Crippen LogP contribution >= 0.6 is 0 Å². The Hall–Kier alpha value is -2.40. The maximum absolute atomic E-state index is 13.5. The van der Waals surface area contributed by atoms with E-state index in [4.69, 9.17) is 9.47 Å². The average Bonchev–Trinajstić information content (AvgIpc) is 3.15. The van der Waals surface area contributed by atoms with Crippen LogP contribution in [0.5, 0.6) is 5.75 Å². The van der Waals surface area contributed by atoms with Gasteiger partial charge in [0.2, 0.25) is 0 Å². The van der Waals surface area contributed by atoms with Crippen molar-refractivity contribution < 1.29 is 18.7 Å². The summed E-state index contributed by atoms with van der Waals surface area (Å²) in [7, 11) is 0. The first-order chi connectivity index (χ1) is 12.2. The molecule has 1 saturated heterocycles. The molecule has 0 spiro atoms. The van der Waals surface area contributed by atoms with Crippen molar-refractivity contribution in [1.29, 1.82) is 0 Å². The SMILES string of the molecule is O=C(NCCc1ccccc1F)c1ccc(OCC2CCCO2)cc1. The molecule has 2 aromatic carbocycles. The van der Waals surface area contributed by atoms with Crippen LogP contribution in [-0.2, 0) is 11.2 Å². The molecule has 1 aliphatic rings. The van der Waals surface area contributed by atoms with E-state index >= 15 is 0 Å². The van der Waals surface area contributed by atoms with Gasteiger partial charge in [-0.15, -0.1) is 0 Å². The molecule has 3 rings (SSSR count). The molecule has 1 amide bonds. The molecule has 1 fully saturated rings. The number of ether oxygens (including phenoxy) is 2. The predicted molar refractivity (Wildman–Crippen MR) is 93.3 cm³/mol. The lowest BCUT2D eigenvalue weighted by Gasteiger charge is -2.12. The van der Waals surface area contributed by atoms with Gasteiger partial charge in [0.15, 0.2) is 0 Å². The largest absolute Gasteiger partial charge is 0.491 e. The molecular weight excluding hydrogens is 321 g/mol. The molecule has 1 N–H and O–H groups in total. The summed E-state index contributed by atoms with van der Waals surface area (Å²) in [6.45, 7) is 1.73. The Labute approximate surface area is 147 Å². The van der Waals surface area contributed by atoms with Crippen molar-refractivity contribution in [3.05, 3.63) is 65.5 Å². The molecule has 1 heterocycles. The van der Waals surface area contributed by atoms with E-state index in [1.54, 1.807) is 42.5 Å². The van der Waals surface area contributed by atoms with E-state index in [0.29, 0.717) is 30.7 Å². The predicted octanol–water partition coefficient (Wildman–Crippen LogP) is 3.36. The normalized spacial score (nSPS) is 16.6. The monoisotopic (exact) mass is 343 g/mol. The first-order valence-corrected chi connectivity index (χ1v) is 8.58. The molecule has 2 aromatic rings. The van der Waals surface area contributed by atoms with Gasteiger partial charge in [0.25, 0.3) is 5.91 Å². The Morgan fingerprint density at radius 3 is 2.72 bits per heavy atom. The summed E-state index contributed by atoms with van der Waals surface area (Å²) in [6.07, 6.45) is 2.74. The van der Waals surface area contributed by atoms with Crippen LogP contribution in [0.1, 0.15) is 28.8 Å². The first kappa shape index (κ1) is 17.4. The summed E-state index contributed by atoms with van der Waals surface area (Å²) in [6, 6.07) is 13.6. The Morgan fingerprint density at radius 1 is 1.20 bits per heavy atom. The van der Waals surface area contributed by atoms with Gasteiger partial charge < -0.3 is 14.8 Å². The molecule has 5 heteroatoms. The van der Waals surface area contributed by atoms with E-state index in [0.717, 1.165) is 25.2 Å². The van der Waals surface area contributed by atoms with E-state index in [2.05, 4.69) is 5.32 Å². The average molecular weight is 343 g/mol. The van der Waals surface area contributed by atoms with Crippen LogP contribution in [0.3, 0.4) is 0 Å². The highest BCUT2D eigenvalue weighted by Gasteiger charge is 2.16. The van der Waals surface area contributed by atoms with E-state index in [1.165, 1.54) is 6.07 Å². The Bertz CT molecular complexity index is 696. The molecule has 1 aliphatic heterocycles. The minimum Gasteiger partial charge on any atom is -0.491 e. The summed E-state index contributed by atoms with van der Waals surface area (Å²) in [5.74, 6) is 0.296. The number of hydrogen-bond acceptors (Lipinski definition) is 3. The van der Waals surface area contributed by atoms with Gasteiger partial charge in [0.1, 0.15) is 18.2 Å². The molecule has 25 heavy (non-hydrogen) atoms. The van der Waals surface area contributed by atoms with Crippen molar-refractivity contribution in [2.75, 3.05) is 19.8 Å². The van der Waals surface area contributed by atoms with E-state index < -0.39 is 0 Å².